The van der Waals surface area contributed by atoms with Gasteiger partial charge in [-0.1, -0.05) is 24.3 Å². The molecule has 2 N–H and O–H groups in total. The molecule has 0 bridgehead atoms. The summed E-state index contributed by atoms with van der Waals surface area (Å²) in [6.45, 7) is 1.88. The molecule has 0 saturated heterocycles. The molecule has 0 amide bonds. The molecule has 1 aromatic carbocycles. The lowest BCUT2D eigenvalue weighted by atomic mass is 10.1. The van der Waals surface area contributed by atoms with E-state index in [1.807, 2.05) is 19.1 Å². The van der Waals surface area contributed by atoms with Gasteiger partial charge in [-0.15, -0.1) is 0 Å². The van der Waals surface area contributed by atoms with Gasteiger partial charge in [0.1, 0.15) is 11.6 Å². The molecule has 1 atom stereocenters. The van der Waals surface area contributed by atoms with Gasteiger partial charge in [-0.25, -0.2) is 4.98 Å². The van der Waals surface area contributed by atoms with Crippen LogP contribution in [0.5, 0.6) is 5.75 Å². The van der Waals surface area contributed by atoms with Gasteiger partial charge in [-0.05, 0) is 25.1 Å². The van der Waals surface area contributed by atoms with Gasteiger partial charge in [0, 0.05) is 5.56 Å². The maximum atomic E-state index is 12.9. The fourth-order valence-electron chi connectivity index (χ4n) is 1.64. The van der Waals surface area contributed by atoms with E-state index in [4.69, 9.17) is 0 Å². The third kappa shape index (κ3) is 2.72. The highest BCUT2D eigenvalue weighted by Crippen LogP contribution is 2.25. The Bertz CT molecular complexity index is 516. The van der Waals surface area contributed by atoms with Gasteiger partial charge in [0.25, 0.3) is 0 Å². The molecule has 0 spiro atoms. The Morgan fingerprint density at radius 1 is 1.18 bits per heavy atom. The van der Waals surface area contributed by atoms with Gasteiger partial charge in [-0.2, -0.15) is 4.39 Å². The first-order chi connectivity index (χ1) is 8.16. The predicted octanol–water partition coefficient (Wildman–Crippen LogP) is 3.10. The lowest BCUT2D eigenvalue weighted by molar-refractivity contribution is 0.465. The van der Waals surface area contributed by atoms with Gasteiger partial charge in [-0.3, -0.25) is 0 Å². The fourth-order valence-corrected chi connectivity index (χ4v) is 1.64. The molecule has 0 aliphatic rings. The summed E-state index contributed by atoms with van der Waals surface area (Å²) in [5.41, 5.74) is 0.749. The van der Waals surface area contributed by atoms with Crippen LogP contribution in [-0.4, -0.2) is 10.1 Å². The summed E-state index contributed by atoms with van der Waals surface area (Å²) < 4.78 is 12.9. The van der Waals surface area contributed by atoms with Crippen LogP contribution in [0, 0.1) is 5.95 Å². The first-order valence-corrected chi connectivity index (χ1v) is 5.34. The number of phenols is 1. The smallest absolute Gasteiger partial charge is 0.214 e. The van der Waals surface area contributed by atoms with Gasteiger partial charge >= 0.3 is 0 Å². The molecule has 2 aromatic rings. The summed E-state index contributed by atoms with van der Waals surface area (Å²) in [5, 5.41) is 12.7. The van der Waals surface area contributed by atoms with Crippen molar-refractivity contribution in [1.82, 2.24) is 4.98 Å². The quantitative estimate of drug-likeness (QED) is 0.799. The number of pyridine rings is 1. The number of nitrogens with one attached hydrogen (secondary N) is 1. The second-order valence-corrected chi connectivity index (χ2v) is 3.77. The number of hydrogen-bond acceptors (Lipinski definition) is 3. The number of anilines is 1. The molecule has 4 heteroatoms. The van der Waals surface area contributed by atoms with E-state index < -0.39 is 5.95 Å². The van der Waals surface area contributed by atoms with E-state index in [-0.39, 0.29) is 11.8 Å². The summed E-state index contributed by atoms with van der Waals surface area (Å²) >= 11 is 0. The van der Waals surface area contributed by atoms with Crippen molar-refractivity contribution in [2.75, 3.05) is 5.32 Å². The minimum Gasteiger partial charge on any atom is -0.508 e. The minimum atomic E-state index is -0.528. The zero-order valence-corrected chi connectivity index (χ0v) is 9.39. The van der Waals surface area contributed by atoms with Crippen LogP contribution in [0.25, 0.3) is 0 Å². The van der Waals surface area contributed by atoms with Crippen LogP contribution in [-0.2, 0) is 0 Å². The molecule has 1 heterocycles. The van der Waals surface area contributed by atoms with Crippen molar-refractivity contribution in [3.05, 3.63) is 54.0 Å². The Hall–Kier alpha value is -2.10. The van der Waals surface area contributed by atoms with Crippen LogP contribution in [0.2, 0.25) is 0 Å². The SMILES string of the molecule is CC(Nc1cccc(F)n1)c1ccccc1O. The molecule has 17 heavy (non-hydrogen) atoms. The van der Waals surface area contributed by atoms with Gasteiger partial charge < -0.3 is 10.4 Å². The Labute approximate surface area is 98.9 Å². The molecule has 0 fully saturated rings. The van der Waals surface area contributed by atoms with E-state index in [9.17, 15) is 9.50 Å². The predicted molar refractivity (Wildman–Crippen MR) is 64.3 cm³/mol. The Balaban J connectivity index is 2.17. The summed E-state index contributed by atoms with van der Waals surface area (Å²) in [5.74, 6) is 0.129. The van der Waals surface area contributed by atoms with Crippen LogP contribution in [0.15, 0.2) is 42.5 Å². The number of nitrogens with zero attached hydrogens (tertiary/aromatic N) is 1. The molecule has 0 radical (unpaired) electrons. The molecule has 88 valence electrons. The number of rotatable bonds is 3. The lowest BCUT2D eigenvalue weighted by Crippen LogP contribution is -2.08. The average Bonchev–Trinajstić information content (AvgIpc) is 2.29. The zero-order valence-electron chi connectivity index (χ0n) is 9.39. The summed E-state index contributed by atoms with van der Waals surface area (Å²) in [7, 11) is 0. The number of halogens is 1. The monoisotopic (exact) mass is 232 g/mol. The highest BCUT2D eigenvalue weighted by Gasteiger charge is 2.09. The van der Waals surface area contributed by atoms with E-state index >= 15 is 0 Å². The number of aromatic hydroxyl groups is 1. The highest BCUT2D eigenvalue weighted by molar-refractivity contribution is 5.42. The second-order valence-electron chi connectivity index (χ2n) is 3.77. The van der Waals surface area contributed by atoms with E-state index in [0.29, 0.717) is 5.82 Å². The Kier molecular flexibility index (Phi) is 3.23. The first-order valence-electron chi connectivity index (χ1n) is 5.34. The normalized spacial score (nSPS) is 12.1. The second kappa shape index (κ2) is 4.82. The van der Waals surface area contributed by atoms with Crippen LogP contribution in [0.3, 0.4) is 0 Å². The molecule has 0 saturated carbocycles. The van der Waals surface area contributed by atoms with Gasteiger partial charge in [0.15, 0.2) is 0 Å². The molecule has 1 unspecified atom stereocenters. The van der Waals surface area contributed by atoms with E-state index in [1.165, 1.54) is 6.07 Å². The van der Waals surface area contributed by atoms with Crippen molar-refractivity contribution in [3.63, 3.8) is 0 Å². The molecule has 1 aromatic heterocycles. The van der Waals surface area contributed by atoms with E-state index in [1.54, 1.807) is 24.3 Å². The first kappa shape index (κ1) is 11.4. The van der Waals surface area contributed by atoms with Crippen LogP contribution >= 0.6 is 0 Å². The molecule has 0 aliphatic heterocycles. The zero-order chi connectivity index (χ0) is 12.3. The van der Waals surface area contributed by atoms with Crippen LogP contribution < -0.4 is 5.32 Å². The van der Waals surface area contributed by atoms with Crippen LogP contribution in [0.4, 0.5) is 10.2 Å². The fraction of sp³-hybridized carbons (Fsp3) is 0.154. The highest BCUT2D eigenvalue weighted by atomic mass is 19.1. The van der Waals surface area contributed by atoms with Crippen molar-refractivity contribution in [2.45, 2.75) is 13.0 Å². The van der Waals surface area contributed by atoms with Crippen molar-refractivity contribution in [1.29, 1.82) is 0 Å². The van der Waals surface area contributed by atoms with Crippen LogP contribution in [0.1, 0.15) is 18.5 Å². The third-order valence-corrected chi connectivity index (χ3v) is 2.48. The number of hydrogen-bond donors (Lipinski definition) is 2. The van der Waals surface area contributed by atoms with Crippen molar-refractivity contribution >= 4 is 5.82 Å². The largest absolute Gasteiger partial charge is 0.508 e. The number of phenolic OH excluding ortho intramolecular Hbond substituents is 1. The minimum absolute atomic E-state index is 0.148. The van der Waals surface area contributed by atoms with Crippen molar-refractivity contribution in [2.24, 2.45) is 0 Å². The molecule has 3 nitrogen and oxygen atoms in total. The Morgan fingerprint density at radius 3 is 2.65 bits per heavy atom. The average molecular weight is 232 g/mol. The summed E-state index contributed by atoms with van der Waals surface area (Å²) in [4.78, 5) is 3.71. The van der Waals surface area contributed by atoms with E-state index in [2.05, 4.69) is 10.3 Å². The molecular formula is C13H13FN2O. The third-order valence-electron chi connectivity index (χ3n) is 2.48. The molecule has 2 rings (SSSR count). The summed E-state index contributed by atoms with van der Waals surface area (Å²) in [6, 6.07) is 11.4. The van der Waals surface area contributed by atoms with Gasteiger partial charge in [0.2, 0.25) is 5.95 Å². The maximum absolute atomic E-state index is 12.9. The topological polar surface area (TPSA) is 45.2 Å². The Morgan fingerprint density at radius 2 is 1.94 bits per heavy atom. The van der Waals surface area contributed by atoms with E-state index in [0.717, 1.165) is 5.56 Å². The number of benzene rings is 1. The molecule has 0 aliphatic carbocycles. The van der Waals surface area contributed by atoms with Crippen molar-refractivity contribution < 1.29 is 9.50 Å². The number of para-hydroxylation sites is 1. The lowest BCUT2D eigenvalue weighted by Gasteiger charge is -2.15. The van der Waals surface area contributed by atoms with Gasteiger partial charge in [0.05, 0.1) is 6.04 Å². The number of aromatic nitrogens is 1. The molecular weight excluding hydrogens is 219 g/mol. The maximum Gasteiger partial charge on any atom is 0.214 e. The van der Waals surface area contributed by atoms with Crippen molar-refractivity contribution in [3.8, 4) is 5.75 Å². The standard InChI is InChI=1S/C13H13FN2O/c1-9(10-5-2-3-6-11(10)17)15-13-8-4-7-12(14)16-13/h2-9,17H,1H3,(H,15,16). The summed E-state index contributed by atoms with van der Waals surface area (Å²) in [6.07, 6.45) is 0.